The lowest BCUT2D eigenvalue weighted by atomic mass is 10.1. The molecule has 0 aliphatic carbocycles. The summed E-state index contributed by atoms with van der Waals surface area (Å²) in [6.07, 6.45) is 2.68. The predicted octanol–water partition coefficient (Wildman–Crippen LogP) is 3.15. The lowest BCUT2D eigenvalue weighted by molar-refractivity contribution is -0.118. The highest BCUT2D eigenvalue weighted by molar-refractivity contribution is 5.93. The maximum absolute atomic E-state index is 12.7. The zero-order valence-corrected chi connectivity index (χ0v) is 14.6. The lowest BCUT2D eigenvalue weighted by Crippen LogP contribution is -2.32. The predicted molar refractivity (Wildman–Crippen MR) is 96.4 cm³/mol. The van der Waals surface area contributed by atoms with Crippen molar-refractivity contribution in [3.05, 3.63) is 57.8 Å². The Kier molecular flexibility index (Phi) is 6.29. The van der Waals surface area contributed by atoms with Gasteiger partial charge in [-0.25, -0.2) is 4.98 Å². The Morgan fingerprint density at radius 3 is 2.54 bits per heavy atom. The molecule has 2 aromatic rings. The van der Waals surface area contributed by atoms with Gasteiger partial charge in [0.2, 0.25) is 5.91 Å². The van der Waals surface area contributed by atoms with Gasteiger partial charge in [0.1, 0.15) is 5.82 Å². The molecule has 0 radical (unpaired) electrons. The van der Waals surface area contributed by atoms with Crippen molar-refractivity contribution < 1.29 is 4.79 Å². The first-order chi connectivity index (χ1) is 11.5. The average molecular weight is 327 g/mol. The van der Waals surface area contributed by atoms with Gasteiger partial charge in [-0.2, -0.15) is 0 Å². The van der Waals surface area contributed by atoms with E-state index >= 15 is 0 Å². The zero-order valence-electron chi connectivity index (χ0n) is 14.6. The number of rotatable bonds is 7. The third-order valence-corrected chi connectivity index (χ3v) is 4.03. The Labute approximate surface area is 142 Å². The average Bonchev–Trinajstić information content (AvgIpc) is 2.55. The Morgan fingerprint density at radius 2 is 1.92 bits per heavy atom. The van der Waals surface area contributed by atoms with Crippen LogP contribution in [0.5, 0.6) is 0 Å². The first-order valence-corrected chi connectivity index (χ1v) is 8.44. The highest BCUT2D eigenvalue weighted by Gasteiger charge is 2.16. The molecule has 2 rings (SSSR count). The number of nitrogens with one attached hydrogen (secondary N) is 1. The van der Waals surface area contributed by atoms with Crippen molar-refractivity contribution in [1.82, 2.24) is 9.97 Å². The number of aromatic amines is 1. The van der Waals surface area contributed by atoms with Gasteiger partial charge in [0.15, 0.2) is 0 Å². The summed E-state index contributed by atoms with van der Waals surface area (Å²) in [7, 11) is 0. The second-order valence-corrected chi connectivity index (χ2v) is 5.95. The molecule has 1 amide bonds. The fourth-order valence-corrected chi connectivity index (χ4v) is 2.73. The molecule has 1 N–H and O–H groups in total. The SMILES string of the molecule is CCCCN(C(=O)CCc1c(C)nc(C)[nH]c1=O)c1ccccc1. The summed E-state index contributed by atoms with van der Waals surface area (Å²) in [5.74, 6) is 0.635. The van der Waals surface area contributed by atoms with E-state index in [0.29, 0.717) is 36.5 Å². The number of amides is 1. The summed E-state index contributed by atoms with van der Waals surface area (Å²) in [6, 6.07) is 9.69. The Bertz CT molecular complexity index is 738. The van der Waals surface area contributed by atoms with Crippen molar-refractivity contribution in [3.8, 4) is 0 Å². The molecule has 1 heterocycles. The van der Waals surface area contributed by atoms with Gasteiger partial charge >= 0.3 is 0 Å². The van der Waals surface area contributed by atoms with Crippen LogP contribution in [-0.4, -0.2) is 22.4 Å². The first-order valence-electron chi connectivity index (χ1n) is 8.44. The highest BCUT2D eigenvalue weighted by Crippen LogP contribution is 2.16. The van der Waals surface area contributed by atoms with Crippen molar-refractivity contribution in [1.29, 1.82) is 0 Å². The van der Waals surface area contributed by atoms with E-state index in [0.717, 1.165) is 18.5 Å². The van der Waals surface area contributed by atoms with Crippen molar-refractivity contribution in [2.24, 2.45) is 0 Å². The number of aromatic nitrogens is 2. The molecule has 0 aliphatic rings. The van der Waals surface area contributed by atoms with Crippen molar-refractivity contribution in [2.75, 3.05) is 11.4 Å². The van der Waals surface area contributed by atoms with Crippen LogP contribution in [0.1, 0.15) is 43.3 Å². The first kappa shape index (κ1) is 17.9. The summed E-state index contributed by atoms with van der Waals surface area (Å²) in [5.41, 5.74) is 2.05. The molecular formula is C19H25N3O2. The van der Waals surface area contributed by atoms with E-state index < -0.39 is 0 Å². The Hall–Kier alpha value is -2.43. The molecule has 0 saturated carbocycles. The molecule has 0 aliphatic heterocycles. The smallest absolute Gasteiger partial charge is 0.254 e. The molecule has 1 aromatic heterocycles. The van der Waals surface area contributed by atoms with E-state index in [2.05, 4.69) is 16.9 Å². The number of para-hydroxylation sites is 1. The topological polar surface area (TPSA) is 66.1 Å². The third-order valence-electron chi connectivity index (χ3n) is 4.03. The van der Waals surface area contributed by atoms with Gasteiger partial charge in [-0.05, 0) is 38.8 Å². The van der Waals surface area contributed by atoms with Crippen LogP contribution in [0.25, 0.3) is 0 Å². The molecule has 0 bridgehead atoms. The molecule has 0 saturated heterocycles. The number of H-pyrrole nitrogens is 1. The van der Waals surface area contributed by atoms with Gasteiger partial charge in [0, 0.05) is 29.9 Å². The van der Waals surface area contributed by atoms with Gasteiger partial charge in [0.25, 0.3) is 5.56 Å². The van der Waals surface area contributed by atoms with Crippen molar-refractivity contribution in [3.63, 3.8) is 0 Å². The normalized spacial score (nSPS) is 10.6. The third kappa shape index (κ3) is 4.54. The molecule has 24 heavy (non-hydrogen) atoms. The lowest BCUT2D eigenvalue weighted by Gasteiger charge is -2.23. The second kappa shape index (κ2) is 8.43. The summed E-state index contributed by atoms with van der Waals surface area (Å²) >= 11 is 0. The fraction of sp³-hybridized carbons (Fsp3) is 0.421. The number of unbranched alkanes of at least 4 members (excludes halogenated alkanes) is 1. The van der Waals surface area contributed by atoms with Gasteiger partial charge < -0.3 is 9.88 Å². The number of nitrogens with zero attached hydrogens (tertiary/aromatic N) is 2. The number of hydrogen-bond donors (Lipinski definition) is 1. The molecule has 0 spiro atoms. The quantitative estimate of drug-likeness (QED) is 0.849. The van der Waals surface area contributed by atoms with E-state index in [4.69, 9.17) is 0 Å². The summed E-state index contributed by atoms with van der Waals surface area (Å²) in [4.78, 5) is 33.6. The summed E-state index contributed by atoms with van der Waals surface area (Å²) < 4.78 is 0. The van der Waals surface area contributed by atoms with E-state index in [1.165, 1.54) is 0 Å². The molecule has 5 nitrogen and oxygen atoms in total. The van der Waals surface area contributed by atoms with E-state index in [-0.39, 0.29) is 11.5 Å². The highest BCUT2D eigenvalue weighted by atomic mass is 16.2. The molecule has 0 atom stereocenters. The van der Waals surface area contributed by atoms with Gasteiger partial charge in [-0.3, -0.25) is 9.59 Å². The maximum atomic E-state index is 12.7. The number of benzene rings is 1. The second-order valence-electron chi connectivity index (χ2n) is 5.95. The molecule has 0 fully saturated rings. The number of carbonyl (C=O) groups is 1. The van der Waals surface area contributed by atoms with Crippen LogP contribution in [0.4, 0.5) is 5.69 Å². The van der Waals surface area contributed by atoms with E-state index in [1.807, 2.05) is 42.2 Å². The van der Waals surface area contributed by atoms with Crippen LogP contribution in [0.15, 0.2) is 35.1 Å². The largest absolute Gasteiger partial charge is 0.312 e. The zero-order chi connectivity index (χ0) is 17.5. The fourth-order valence-electron chi connectivity index (χ4n) is 2.73. The number of aryl methyl sites for hydroxylation is 2. The molecule has 5 heteroatoms. The molecular weight excluding hydrogens is 302 g/mol. The minimum absolute atomic E-state index is 0.0361. The van der Waals surface area contributed by atoms with E-state index in [1.54, 1.807) is 6.92 Å². The number of anilines is 1. The Morgan fingerprint density at radius 1 is 1.21 bits per heavy atom. The van der Waals surface area contributed by atoms with Crippen LogP contribution in [-0.2, 0) is 11.2 Å². The van der Waals surface area contributed by atoms with Crippen LogP contribution in [0.2, 0.25) is 0 Å². The minimum Gasteiger partial charge on any atom is -0.312 e. The maximum Gasteiger partial charge on any atom is 0.254 e. The monoisotopic (exact) mass is 327 g/mol. The van der Waals surface area contributed by atoms with Gasteiger partial charge in [-0.1, -0.05) is 31.5 Å². The molecule has 1 aromatic carbocycles. The van der Waals surface area contributed by atoms with Crippen LogP contribution in [0.3, 0.4) is 0 Å². The summed E-state index contributed by atoms with van der Waals surface area (Å²) in [6.45, 7) is 6.37. The van der Waals surface area contributed by atoms with E-state index in [9.17, 15) is 9.59 Å². The summed E-state index contributed by atoms with van der Waals surface area (Å²) in [5, 5.41) is 0. The Balaban J connectivity index is 2.12. The van der Waals surface area contributed by atoms with Crippen LogP contribution >= 0.6 is 0 Å². The van der Waals surface area contributed by atoms with Crippen LogP contribution < -0.4 is 10.5 Å². The van der Waals surface area contributed by atoms with Crippen molar-refractivity contribution >= 4 is 11.6 Å². The number of carbonyl (C=O) groups excluding carboxylic acids is 1. The van der Waals surface area contributed by atoms with Crippen molar-refractivity contribution in [2.45, 2.75) is 46.5 Å². The molecule has 128 valence electrons. The van der Waals surface area contributed by atoms with Gasteiger partial charge in [-0.15, -0.1) is 0 Å². The molecule has 0 unspecified atom stereocenters. The number of hydrogen-bond acceptors (Lipinski definition) is 3. The van der Waals surface area contributed by atoms with Crippen LogP contribution in [0, 0.1) is 13.8 Å². The minimum atomic E-state index is -0.146. The van der Waals surface area contributed by atoms with Gasteiger partial charge in [0.05, 0.1) is 0 Å². The standard InChI is InChI=1S/C19H25N3O2/c1-4-5-13-22(16-9-7-6-8-10-16)18(23)12-11-17-14(2)20-15(3)21-19(17)24/h6-10H,4-5,11-13H2,1-3H3,(H,20,21,24).